The van der Waals surface area contributed by atoms with Crippen molar-refractivity contribution in [3.8, 4) is 0 Å². The fourth-order valence-electron chi connectivity index (χ4n) is 2.08. The summed E-state index contributed by atoms with van der Waals surface area (Å²) in [5, 5.41) is 3.72. The maximum Gasteiger partial charge on any atom is 0.255 e. The van der Waals surface area contributed by atoms with Gasteiger partial charge in [0.05, 0.1) is 11.4 Å². The van der Waals surface area contributed by atoms with Crippen LogP contribution in [0.2, 0.25) is 10.0 Å². The lowest BCUT2D eigenvalue weighted by Gasteiger charge is -2.12. The van der Waals surface area contributed by atoms with E-state index in [1.165, 1.54) is 0 Å². The van der Waals surface area contributed by atoms with E-state index in [1.54, 1.807) is 18.2 Å². The number of carbonyl (C=O) groups is 1. The topological polar surface area (TPSA) is 42.0 Å². The van der Waals surface area contributed by atoms with Crippen LogP contribution in [-0.4, -0.2) is 10.9 Å². The van der Waals surface area contributed by atoms with Gasteiger partial charge in [-0.2, -0.15) is 0 Å². The molecule has 0 atom stereocenters. The number of anilines is 1. The normalized spacial score (nSPS) is 10.4. The number of nitrogens with zero attached hydrogens (tertiary/aromatic N) is 1. The van der Waals surface area contributed by atoms with Gasteiger partial charge in [0.15, 0.2) is 0 Å². The maximum absolute atomic E-state index is 12.3. The van der Waals surface area contributed by atoms with E-state index in [0.29, 0.717) is 15.6 Å². The number of aryl methyl sites for hydroxylation is 3. The highest BCUT2D eigenvalue weighted by atomic mass is 35.5. The molecule has 1 N–H and O–H groups in total. The van der Waals surface area contributed by atoms with Crippen molar-refractivity contribution >= 4 is 34.8 Å². The van der Waals surface area contributed by atoms with E-state index in [9.17, 15) is 4.79 Å². The van der Waals surface area contributed by atoms with E-state index in [1.807, 2.05) is 26.8 Å². The van der Waals surface area contributed by atoms with Crippen molar-refractivity contribution in [2.45, 2.75) is 20.8 Å². The Kier molecular flexibility index (Phi) is 4.31. The van der Waals surface area contributed by atoms with E-state index >= 15 is 0 Å². The summed E-state index contributed by atoms with van der Waals surface area (Å²) >= 11 is 11.8. The molecule has 3 nitrogen and oxygen atoms in total. The number of pyridine rings is 1. The standard InChI is InChI=1S/C15H14Cl2N2O/c1-8-4-9(2)18-10(3)14(8)19-15(20)11-5-12(16)7-13(17)6-11/h4-7H,1-3H3,(H,19,20). The number of benzene rings is 1. The summed E-state index contributed by atoms with van der Waals surface area (Å²) in [6, 6.07) is 6.67. The van der Waals surface area contributed by atoms with Crippen LogP contribution in [0.1, 0.15) is 27.3 Å². The Morgan fingerprint density at radius 2 is 1.65 bits per heavy atom. The predicted molar refractivity (Wildman–Crippen MR) is 82.9 cm³/mol. The predicted octanol–water partition coefficient (Wildman–Crippen LogP) is 4.57. The molecule has 0 aliphatic carbocycles. The monoisotopic (exact) mass is 308 g/mol. The minimum absolute atomic E-state index is 0.258. The molecule has 104 valence electrons. The highest BCUT2D eigenvalue weighted by Crippen LogP contribution is 2.23. The number of nitrogens with one attached hydrogen (secondary N) is 1. The smallest absolute Gasteiger partial charge is 0.255 e. The van der Waals surface area contributed by atoms with E-state index in [4.69, 9.17) is 23.2 Å². The van der Waals surface area contributed by atoms with Gasteiger partial charge in [-0.1, -0.05) is 23.2 Å². The van der Waals surface area contributed by atoms with Crippen LogP contribution in [0, 0.1) is 20.8 Å². The van der Waals surface area contributed by atoms with Crippen molar-refractivity contribution in [1.29, 1.82) is 0 Å². The molecular weight excluding hydrogens is 295 g/mol. The molecule has 0 aliphatic heterocycles. The molecule has 0 saturated carbocycles. The summed E-state index contributed by atoms with van der Waals surface area (Å²) in [4.78, 5) is 16.6. The van der Waals surface area contributed by atoms with Crippen LogP contribution in [-0.2, 0) is 0 Å². The van der Waals surface area contributed by atoms with E-state index in [0.717, 1.165) is 22.6 Å². The number of hydrogen-bond donors (Lipinski definition) is 1. The van der Waals surface area contributed by atoms with Gasteiger partial charge in [0, 0.05) is 21.3 Å². The molecule has 0 saturated heterocycles. The lowest BCUT2D eigenvalue weighted by Crippen LogP contribution is -2.14. The number of amides is 1. The van der Waals surface area contributed by atoms with Crippen molar-refractivity contribution < 1.29 is 4.79 Å². The highest BCUT2D eigenvalue weighted by Gasteiger charge is 2.12. The summed E-state index contributed by atoms with van der Waals surface area (Å²) in [5.74, 6) is -0.258. The number of hydrogen-bond acceptors (Lipinski definition) is 2. The van der Waals surface area contributed by atoms with Crippen LogP contribution < -0.4 is 5.32 Å². The van der Waals surface area contributed by atoms with Gasteiger partial charge >= 0.3 is 0 Å². The average molecular weight is 309 g/mol. The first-order chi connectivity index (χ1) is 9.36. The molecule has 0 bridgehead atoms. The second-order valence-corrected chi connectivity index (χ2v) is 5.53. The molecule has 1 aromatic carbocycles. The quantitative estimate of drug-likeness (QED) is 0.883. The van der Waals surface area contributed by atoms with Gasteiger partial charge in [0.25, 0.3) is 5.91 Å². The minimum atomic E-state index is -0.258. The highest BCUT2D eigenvalue weighted by molar-refractivity contribution is 6.35. The Labute approximate surface area is 127 Å². The molecule has 1 heterocycles. The van der Waals surface area contributed by atoms with Crippen molar-refractivity contribution in [3.05, 3.63) is 56.8 Å². The molecule has 2 rings (SSSR count). The molecule has 0 unspecified atom stereocenters. The first kappa shape index (κ1) is 14.8. The van der Waals surface area contributed by atoms with Gasteiger partial charge in [0.2, 0.25) is 0 Å². The molecule has 20 heavy (non-hydrogen) atoms. The zero-order valence-electron chi connectivity index (χ0n) is 11.4. The van der Waals surface area contributed by atoms with Crippen LogP contribution in [0.25, 0.3) is 0 Å². The molecular formula is C15H14Cl2N2O. The summed E-state index contributed by atoms with van der Waals surface area (Å²) in [6.45, 7) is 5.71. The average Bonchev–Trinajstić information content (AvgIpc) is 2.32. The largest absolute Gasteiger partial charge is 0.320 e. The van der Waals surface area contributed by atoms with Crippen molar-refractivity contribution in [1.82, 2.24) is 4.98 Å². The second-order valence-electron chi connectivity index (χ2n) is 4.65. The van der Waals surface area contributed by atoms with Crippen LogP contribution >= 0.6 is 23.2 Å². The number of carbonyl (C=O) groups excluding carboxylic acids is 1. The zero-order valence-corrected chi connectivity index (χ0v) is 12.9. The molecule has 0 radical (unpaired) electrons. The minimum Gasteiger partial charge on any atom is -0.320 e. The third-order valence-corrected chi connectivity index (χ3v) is 3.33. The van der Waals surface area contributed by atoms with Crippen LogP contribution in [0.4, 0.5) is 5.69 Å². The molecule has 0 aliphatic rings. The maximum atomic E-state index is 12.3. The van der Waals surface area contributed by atoms with E-state index < -0.39 is 0 Å². The Bertz CT molecular complexity index is 640. The summed E-state index contributed by atoms with van der Waals surface area (Å²) < 4.78 is 0. The zero-order chi connectivity index (χ0) is 14.9. The van der Waals surface area contributed by atoms with Gasteiger partial charge in [-0.15, -0.1) is 0 Å². The van der Waals surface area contributed by atoms with Crippen LogP contribution in [0.5, 0.6) is 0 Å². The van der Waals surface area contributed by atoms with Gasteiger partial charge in [-0.25, -0.2) is 0 Å². The molecule has 5 heteroatoms. The van der Waals surface area contributed by atoms with E-state index in [2.05, 4.69) is 10.3 Å². The molecule has 0 fully saturated rings. The number of rotatable bonds is 2. The number of aromatic nitrogens is 1. The SMILES string of the molecule is Cc1cc(C)c(NC(=O)c2cc(Cl)cc(Cl)c2)c(C)n1. The molecule has 1 aromatic heterocycles. The first-order valence-electron chi connectivity index (χ1n) is 6.09. The Morgan fingerprint density at radius 1 is 1.05 bits per heavy atom. The van der Waals surface area contributed by atoms with Crippen molar-refractivity contribution in [2.75, 3.05) is 5.32 Å². The third-order valence-electron chi connectivity index (χ3n) is 2.89. The fraction of sp³-hybridized carbons (Fsp3) is 0.200. The van der Waals surface area contributed by atoms with Crippen LogP contribution in [0.3, 0.4) is 0 Å². The lowest BCUT2D eigenvalue weighted by molar-refractivity contribution is 0.102. The van der Waals surface area contributed by atoms with Gasteiger partial charge in [0.1, 0.15) is 0 Å². The fourth-order valence-corrected chi connectivity index (χ4v) is 2.61. The third kappa shape index (κ3) is 3.30. The van der Waals surface area contributed by atoms with Crippen molar-refractivity contribution in [3.63, 3.8) is 0 Å². The summed E-state index contributed by atoms with van der Waals surface area (Å²) in [6.07, 6.45) is 0. The Balaban J connectivity index is 2.32. The summed E-state index contributed by atoms with van der Waals surface area (Å²) in [5.41, 5.74) is 3.81. The lowest BCUT2D eigenvalue weighted by atomic mass is 10.1. The van der Waals surface area contributed by atoms with Crippen LogP contribution in [0.15, 0.2) is 24.3 Å². The molecule has 1 amide bonds. The van der Waals surface area contributed by atoms with Gasteiger partial charge in [-0.05, 0) is 50.6 Å². The van der Waals surface area contributed by atoms with Gasteiger partial charge in [-0.3, -0.25) is 9.78 Å². The molecule has 2 aromatic rings. The van der Waals surface area contributed by atoms with Gasteiger partial charge < -0.3 is 5.32 Å². The molecule has 0 spiro atoms. The summed E-state index contributed by atoms with van der Waals surface area (Å²) in [7, 11) is 0. The van der Waals surface area contributed by atoms with Crippen molar-refractivity contribution in [2.24, 2.45) is 0 Å². The Hall–Kier alpha value is -1.58. The number of halogens is 2. The second kappa shape index (κ2) is 5.81. The Morgan fingerprint density at radius 3 is 2.20 bits per heavy atom. The first-order valence-corrected chi connectivity index (χ1v) is 6.84. The van der Waals surface area contributed by atoms with E-state index in [-0.39, 0.29) is 5.91 Å².